The molecule has 0 saturated carbocycles. The van der Waals surface area contributed by atoms with Gasteiger partial charge in [-0.3, -0.25) is 0 Å². The lowest BCUT2D eigenvalue weighted by molar-refractivity contribution is 0.918. The zero-order valence-electron chi connectivity index (χ0n) is 10.1. The summed E-state index contributed by atoms with van der Waals surface area (Å²) in [7, 11) is 0. The smallest absolute Gasteiger partial charge is 0.136 e. The van der Waals surface area contributed by atoms with Gasteiger partial charge in [-0.15, -0.1) is 11.3 Å². The summed E-state index contributed by atoms with van der Waals surface area (Å²) in [6.45, 7) is 5.08. The van der Waals surface area contributed by atoms with Gasteiger partial charge in [0, 0.05) is 18.1 Å². The summed E-state index contributed by atoms with van der Waals surface area (Å²) in [6.07, 6.45) is 3.58. The number of aryl methyl sites for hydroxylation is 1. The SMILES string of the molecule is CCCNc1ccnc(Cc2csc(C)n2)n1. The van der Waals surface area contributed by atoms with Gasteiger partial charge >= 0.3 is 0 Å². The first-order valence-electron chi connectivity index (χ1n) is 5.74. The number of thiazole rings is 1. The van der Waals surface area contributed by atoms with Crippen molar-refractivity contribution in [3.05, 3.63) is 34.2 Å². The molecule has 2 aromatic rings. The number of hydrogen-bond acceptors (Lipinski definition) is 5. The Morgan fingerprint density at radius 1 is 1.35 bits per heavy atom. The first kappa shape index (κ1) is 12.0. The average molecular weight is 248 g/mol. The fourth-order valence-corrected chi connectivity index (χ4v) is 2.10. The number of hydrogen-bond donors (Lipinski definition) is 1. The molecule has 0 fully saturated rings. The predicted octanol–water partition coefficient (Wildman–Crippen LogP) is 2.65. The molecule has 0 spiro atoms. The van der Waals surface area contributed by atoms with E-state index in [0.29, 0.717) is 6.42 Å². The van der Waals surface area contributed by atoms with Gasteiger partial charge in [-0.1, -0.05) is 6.92 Å². The van der Waals surface area contributed by atoms with Crippen molar-refractivity contribution in [1.29, 1.82) is 0 Å². The van der Waals surface area contributed by atoms with Gasteiger partial charge in [-0.25, -0.2) is 15.0 Å². The Morgan fingerprint density at radius 3 is 2.94 bits per heavy atom. The highest BCUT2D eigenvalue weighted by molar-refractivity contribution is 7.09. The Bertz CT molecular complexity index is 481. The lowest BCUT2D eigenvalue weighted by Crippen LogP contribution is -2.05. The van der Waals surface area contributed by atoms with Crippen LogP contribution in [0.25, 0.3) is 0 Å². The van der Waals surface area contributed by atoms with Gasteiger partial charge in [0.15, 0.2) is 0 Å². The van der Waals surface area contributed by atoms with Crippen LogP contribution in [0, 0.1) is 6.92 Å². The van der Waals surface area contributed by atoms with Gasteiger partial charge in [-0.2, -0.15) is 0 Å². The second-order valence-corrected chi connectivity index (χ2v) is 4.88. The molecule has 0 aliphatic carbocycles. The summed E-state index contributed by atoms with van der Waals surface area (Å²) in [5.74, 6) is 1.71. The minimum absolute atomic E-state index is 0.700. The summed E-state index contributed by atoms with van der Waals surface area (Å²) < 4.78 is 0. The second-order valence-electron chi connectivity index (χ2n) is 3.82. The van der Waals surface area contributed by atoms with Crippen molar-refractivity contribution >= 4 is 17.2 Å². The van der Waals surface area contributed by atoms with Gasteiger partial charge in [-0.05, 0) is 19.4 Å². The molecule has 4 nitrogen and oxygen atoms in total. The molecule has 5 heteroatoms. The first-order chi connectivity index (χ1) is 8.28. The fourth-order valence-electron chi connectivity index (χ4n) is 1.49. The van der Waals surface area contributed by atoms with Crippen LogP contribution in [-0.2, 0) is 6.42 Å². The van der Waals surface area contributed by atoms with E-state index in [1.807, 2.05) is 13.0 Å². The molecule has 0 aromatic carbocycles. The normalized spacial score (nSPS) is 10.5. The summed E-state index contributed by atoms with van der Waals surface area (Å²) in [5, 5.41) is 6.40. The van der Waals surface area contributed by atoms with Crippen LogP contribution in [0.3, 0.4) is 0 Å². The molecule has 2 heterocycles. The number of aromatic nitrogens is 3. The monoisotopic (exact) mass is 248 g/mol. The van der Waals surface area contributed by atoms with Crippen LogP contribution in [0.5, 0.6) is 0 Å². The Hall–Kier alpha value is -1.49. The van der Waals surface area contributed by atoms with E-state index in [1.54, 1.807) is 17.5 Å². The fraction of sp³-hybridized carbons (Fsp3) is 0.417. The largest absolute Gasteiger partial charge is 0.370 e. The minimum Gasteiger partial charge on any atom is -0.370 e. The molecular weight excluding hydrogens is 232 g/mol. The number of nitrogens with zero attached hydrogens (tertiary/aromatic N) is 3. The average Bonchev–Trinajstić information content (AvgIpc) is 2.73. The molecule has 17 heavy (non-hydrogen) atoms. The minimum atomic E-state index is 0.700. The summed E-state index contributed by atoms with van der Waals surface area (Å²) >= 11 is 1.66. The van der Waals surface area contributed by atoms with Crippen molar-refractivity contribution in [2.24, 2.45) is 0 Å². The topological polar surface area (TPSA) is 50.7 Å². The van der Waals surface area contributed by atoms with E-state index in [2.05, 4.69) is 32.6 Å². The van der Waals surface area contributed by atoms with Crippen LogP contribution in [-0.4, -0.2) is 21.5 Å². The molecule has 0 aliphatic heterocycles. The van der Waals surface area contributed by atoms with Crippen LogP contribution in [0.15, 0.2) is 17.6 Å². The van der Waals surface area contributed by atoms with Crippen molar-refractivity contribution in [3.63, 3.8) is 0 Å². The van der Waals surface area contributed by atoms with Gasteiger partial charge in [0.1, 0.15) is 11.6 Å². The molecule has 0 bridgehead atoms. The van der Waals surface area contributed by atoms with Crippen LogP contribution in [0.2, 0.25) is 0 Å². The molecule has 2 rings (SSSR count). The van der Waals surface area contributed by atoms with E-state index in [0.717, 1.165) is 35.3 Å². The van der Waals surface area contributed by atoms with Crippen molar-refractivity contribution < 1.29 is 0 Å². The second kappa shape index (κ2) is 5.72. The molecule has 0 atom stereocenters. The molecule has 0 aliphatic rings. The first-order valence-corrected chi connectivity index (χ1v) is 6.62. The van der Waals surface area contributed by atoms with Gasteiger partial charge in [0.25, 0.3) is 0 Å². The molecule has 0 unspecified atom stereocenters. The quantitative estimate of drug-likeness (QED) is 0.883. The van der Waals surface area contributed by atoms with Crippen LogP contribution >= 0.6 is 11.3 Å². The van der Waals surface area contributed by atoms with E-state index in [9.17, 15) is 0 Å². The maximum absolute atomic E-state index is 4.46. The van der Waals surface area contributed by atoms with Crippen molar-refractivity contribution in [3.8, 4) is 0 Å². The standard InChI is InChI=1S/C12H16N4S/c1-3-5-13-11-4-6-14-12(16-11)7-10-8-17-9(2)15-10/h4,6,8H,3,5,7H2,1-2H3,(H,13,14,16). The van der Waals surface area contributed by atoms with Gasteiger partial charge < -0.3 is 5.32 Å². The molecule has 0 amide bonds. The maximum Gasteiger partial charge on any atom is 0.136 e. The van der Waals surface area contributed by atoms with E-state index < -0.39 is 0 Å². The van der Waals surface area contributed by atoms with Crippen molar-refractivity contribution in [2.75, 3.05) is 11.9 Å². The van der Waals surface area contributed by atoms with Crippen LogP contribution in [0.1, 0.15) is 29.9 Å². The Kier molecular flexibility index (Phi) is 4.03. The number of anilines is 1. The number of rotatable bonds is 5. The summed E-state index contributed by atoms with van der Waals surface area (Å²) in [6, 6.07) is 1.89. The van der Waals surface area contributed by atoms with E-state index in [4.69, 9.17) is 0 Å². The third-order valence-corrected chi connectivity index (χ3v) is 3.09. The van der Waals surface area contributed by atoms with Crippen molar-refractivity contribution in [1.82, 2.24) is 15.0 Å². The van der Waals surface area contributed by atoms with Crippen molar-refractivity contribution in [2.45, 2.75) is 26.7 Å². The molecule has 1 N–H and O–H groups in total. The van der Waals surface area contributed by atoms with Crippen LogP contribution in [0.4, 0.5) is 5.82 Å². The highest BCUT2D eigenvalue weighted by Crippen LogP contribution is 2.11. The lowest BCUT2D eigenvalue weighted by Gasteiger charge is -2.04. The van der Waals surface area contributed by atoms with E-state index in [-0.39, 0.29) is 0 Å². The molecule has 0 saturated heterocycles. The molecular formula is C12H16N4S. The third kappa shape index (κ3) is 3.49. The van der Waals surface area contributed by atoms with E-state index in [1.165, 1.54) is 0 Å². The zero-order chi connectivity index (χ0) is 12.1. The third-order valence-electron chi connectivity index (χ3n) is 2.27. The Labute approximate surface area is 105 Å². The molecule has 90 valence electrons. The van der Waals surface area contributed by atoms with Gasteiger partial charge in [0.2, 0.25) is 0 Å². The van der Waals surface area contributed by atoms with E-state index >= 15 is 0 Å². The Morgan fingerprint density at radius 2 is 2.24 bits per heavy atom. The van der Waals surface area contributed by atoms with Crippen LogP contribution < -0.4 is 5.32 Å². The number of nitrogens with one attached hydrogen (secondary N) is 1. The zero-order valence-corrected chi connectivity index (χ0v) is 10.9. The summed E-state index contributed by atoms with van der Waals surface area (Å²) in [4.78, 5) is 13.1. The maximum atomic E-state index is 4.46. The summed E-state index contributed by atoms with van der Waals surface area (Å²) in [5.41, 5.74) is 1.04. The molecule has 2 aromatic heterocycles. The predicted molar refractivity (Wildman–Crippen MR) is 70.5 cm³/mol. The lowest BCUT2D eigenvalue weighted by atomic mass is 10.3. The molecule has 0 radical (unpaired) electrons. The van der Waals surface area contributed by atoms with Gasteiger partial charge in [0.05, 0.1) is 17.1 Å². The Balaban J connectivity index is 2.05. The highest BCUT2D eigenvalue weighted by atomic mass is 32.1. The highest BCUT2D eigenvalue weighted by Gasteiger charge is 2.03.